The molecule has 1 atom stereocenters. The SMILES string of the molecule is CCCN(CC(=O)N1CCc2sccc2[C@H]1COc1ccccc1)S(=O)(=O)c1ccc(OC)cc1. The van der Waals surface area contributed by atoms with E-state index in [1.165, 1.54) is 28.4 Å². The van der Waals surface area contributed by atoms with Gasteiger partial charge in [-0.15, -0.1) is 11.3 Å². The first-order chi connectivity index (χ1) is 16.9. The van der Waals surface area contributed by atoms with E-state index in [0.29, 0.717) is 25.3 Å². The fraction of sp³-hybridized carbons (Fsp3) is 0.346. The van der Waals surface area contributed by atoms with Crippen molar-refractivity contribution in [2.45, 2.75) is 30.7 Å². The lowest BCUT2D eigenvalue weighted by atomic mass is 10.0. The molecule has 0 unspecified atom stereocenters. The number of hydrogen-bond acceptors (Lipinski definition) is 6. The molecule has 1 aliphatic rings. The predicted octanol–water partition coefficient (Wildman–Crippen LogP) is 4.36. The highest BCUT2D eigenvalue weighted by molar-refractivity contribution is 7.89. The van der Waals surface area contributed by atoms with Crippen LogP contribution in [-0.4, -0.2) is 56.9 Å². The number of methoxy groups -OCH3 is 1. The van der Waals surface area contributed by atoms with Crippen molar-refractivity contribution in [3.05, 3.63) is 76.5 Å². The third kappa shape index (κ3) is 5.69. The van der Waals surface area contributed by atoms with Crippen LogP contribution in [0, 0.1) is 0 Å². The zero-order valence-corrected chi connectivity index (χ0v) is 21.6. The summed E-state index contributed by atoms with van der Waals surface area (Å²) in [6.07, 6.45) is 1.34. The second-order valence-electron chi connectivity index (χ2n) is 8.29. The first kappa shape index (κ1) is 25.2. The molecule has 0 spiro atoms. The van der Waals surface area contributed by atoms with Crippen LogP contribution in [0.15, 0.2) is 70.9 Å². The summed E-state index contributed by atoms with van der Waals surface area (Å²) in [5, 5.41) is 2.03. The van der Waals surface area contributed by atoms with Gasteiger partial charge in [0.1, 0.15) is 18.1 Å². The molecule has 1 aromatic heterocycles. The number of carbonyl (C=O) groups excluding carboxylic acids is 1. The number of thiophene rings is 1. The Kier molecular flexibility index (Phi) is 8.10. The van der Waals surface area contributed by atoms with Gasteiger partial charge in [0.2, 0.25) is 15.9 Å². The summed E-state index contributed by atoms with van der Waals surface area (Å²) in [6.45, 7) is 2.76. The lowest BCUT2D eigenvalue weighted by molar-refractivity contribution is -0.135. The van der Waals surface area contributed by atoms with Crippen molar-refractivity contribution in [2.75, 3.05) is 33.4 Å². The number of benzene rings is 2. The second-order valence-corrected chi connectivity index (χ2v) is 11.2. The van der Waals surface area contributed by atoms with E-state index in [9.17, 15) is 13.2 Å². The minimum atomic E-state index is -3.84. The van der Waals surface area contributed by atoms with E-state index < -0.39 is 10.0 Å². The van der Waals surface area contributed by atoms with Crippen LogP contribution in [0.4, 0.5) is 0 Å². The van der Waals surface area contributed by atoms with E-state index in [-0.39, 0.29) is 29.9 Å². The monoisotopic (exact) mass is 514 g/mol. The fourth-order valence-corrected chi connectivity index (χ4v) is 6.65. The van der Waals surface area contributed by atoms with Gasteiger partial charge in [-0.2, -0.15) is 4.31 Å². The van der Waals surface area contributed by atoms with Gasteiger partial charge >= 0.3 is 0 Å². The van der Waals surface area contributed by atoms with Crippen LogP contribution in [0.2, 0.25) is 0 Å². The molecule has 1 amide bonds. The number of ether oxygens (including phenoxy) is 2. The molecule has 4 rings (SSSR count). The molecule has 0 aliphatic carbocycles. The van der Waals surface area contributed by atoms with Gasteiger partial charge in [-0.25, -0.2) is 8.42 Å². The molecule has 9 heteroatoms. The number of hydrogen-bond donors (Lipinski definition) is 0. The Morgan fingerprint density at radius 1 is 1.09 bits per heavy atom. The number of amides is 1. The van der Waals surface area contributed by atoms with Gasteiger partial charge in [0.25, 0.3) is 0 Å². The smallest absolute Gasteiger partial charge is 0.243 e. The van der Waals surface area contributed by atoms with Crippen LogP contribution in [-0.2, 0) is 21.2 Å². The van der Waals surface area contributed by atoms with Crippen LogP contribution < -0.4 is 9.47 Å². The zero-order chi connectivity index (χ0) is 24.8. The first-order valence-electron chi connectivity index (χ1n) is 11.6. The van der Waals surface area contributed by atoms with E-state index in [1.54, 1.807) is 28.4 Å². The largest absolute Gasteiger partial charge is 0.497 e. The Morgan fingerprint density at radius 3 is 2.51 bits per heavy atom. The Hall–Kier alpha value is -2.88. The molecule has 186 valence electrons. The molecule has 2 aromatic carbocycles. The highest BCUT2D eigenvalue weighted by atomic mass is 32.2. The van der Waals surface area contributed by atoms with Crippen molar-refractivity contribution in [2.24, 2.45) is 0 Å². The van der Waals surface area contributed by atoms with Crippen molar-refractivity contribution in [3.63, 3.8) is 0 Å². The molecule has 0 N–H and O–H groups in total. The maximum atomic E-state index is 13.6. The van der Waals surface area contributed by atoms with Crippen molar-refractivity contribution in [1.29, 1.82) is 0 Å². The summed E-state index contributed by atoms with van der Waals surface area (Å²) >= 11 is 1.68. The van der Waals surface area contributed by atoms with Gasteiger partial charge < -0.3 is 14.4 Å². The predicted molar refractivity (Wildman–Crippen MR) is 136 cm³/mol. The van der Waals surface area contributed by atoms with Gasteiger partial charge in [0.05, 0.1) is 24.6 Å². The Labute approximate surface area is 210 Å². The fourth-order valence-electron chi connectivity index (χ4n) is 4.24. The number of nitrogens with zero attached hydrogens (tertiary/aromatic N) is 2. The lowest BCUT2D eigenvalue weighted by Crippen LogP contribution is -2.48. The Morgan fingerprint density at radius 2 is 1.83 bits per heavy atom. The van der Waals surface area contributed by atoms with Crippen LogP contribution in [0.3, 0.4) is 0 Å². The number of carbonyl (C=O) groups is 1. The summed E-state index contributed by atoms with van der Waals surface area (Å²) in [7, 11) is -2.31. The molecule has 7 nitrogen and oxygen atoms in total. The third-order valence-corrected chi connectivity index (χ3v) is 8.90. The normalized spacial score (nSPS) is 15.6. The molecular weight excluding hydrogens is 484 g/mol. The highest BCUT2D eigenvalue weighted by Crippen LogP contribution is 2.34. The van der Waals surface area contributed by atoms with Gasteiger partial charge in [0.15, 0.2) is 0 Å². The van der Waals surface area contributed by atoms with Gasteiger partial charge in [-0.05, 0) is 66.2 Å². The summed E-state index contributed by atoms with van der Waals surface area (Å²) in [6, 6.07) is 17.5. The maximum Gasteiger partial charge on any atom is 0.243 e. The van der Waals surface area contributed by atoms with E-state index in [1.807, 2.05) is 48.7 Å². The van der Waals surface area contributed by atoms with Crippen LogP contribution in [0.25, 0.3) is 0 Å². The standard InChI is InChI=1S/C26H30N2O5S2/c1-3-15-27(35(30,31)22-11-9-20(32-2)10-12-22)18-26(29)28-16-13-25-23(14-17-34-25)24(28)19-33-21-7-5-4-6-8-21/h4-12,14,17,24H,3,13,15-16,18-19H2,1-2H3/t24-/m1/s1. The summed E-state index contributed by atoms with van der Waals surface area (Å²) in [5.41, 5.74) is 1.07. The molecule has 1 aliphatic heterocycles. The molecule has 3 aromatic rings. The minimum Gasteiger partial charge on any atom is -0.497 e. The topological polar surface area (TPSA) is 76.2 Å². The van der Waals surface area contributed by atoms with Crippen LogP contribution in [0.1, 0.15) is 29.8 Å². The summed E-state index contributed by atoms with van der Waals surface area (Å²) in [4.78, 5) is 16.7. The van der Waals surface area contributed by atoms with Crippen molar-refractivity contribution < 1.29 is 22.7 Å². The molecule has 0 saturated carbocycles. The second kappa shape index (κ2) is 11.2. The number of sulfonamides is 1. The zero-order valence-electron chi connectivity index (χ0n) is 19.9. The van der Waals surface area contributed by atoms with Crippen molar-refractivity contribution >= 4 is 27.3 Å². The molecule has 0 bridgehead atoms. The van der Waals surface area contributed by atoms with E-state index in [2.05, 4.69) is 0 Å². The lowest BCUT2D eigenvalue weighted by Gasteiger charge is -2.37. The summed E-state index contributed by atoms with van der Waals surface area (Å²) in [5.74, 6) is 1.08. The average Bonchev–Trinajstić information content (AvgIpc) is 3.37. The first-order valence-corrected chi connectivity index (χ1v) is 13.9. The van der Waals surface area contributed by atoms with Crippen LogP contribution >= 0.6 is 11.3 Å². The molecule has 0 saturated heterocycles. The summed E-state index contributed by atoms with van der Waals surface area (Å²) < 4.78 is 39.2. The van der Waals surface area contributed by atoms with Crippen molar-refractivity contribution in [3.8, 4) is 11.5 Å². The number of para-hydroxylation sites is 1. The van der Waals surface area contributed by atoms with E-state index in [4.69, 9.17) is 9.47 Å². The molecule has 2 heterocycles. The molecular formula is C26H30N2O5S2. The van der Waals surface area contributed by atoms with Gasteiger partial charge in [-0.3, -0.25) is 4.79 Å². The van der Waals surface area contributed by atoms with Crippen molar-refractivity contribution in [1.82, 2.24) is 9.21 Å². The maximum absolute atomic E-state index is 13.6. The Bertz CT molecular complexity index is 1230. The minimum absolute atomic E-state index is 0.141. The third-order valence-electron chi connectivity index (χ3n) is 6.05. The van der Waals surface area contributed by atoms with Gasteiger partial charge in [0, 0.05) is 18.0 Å². The molecule has 0 fully saturated rings. The number of rotatable bonds is 10. The number of fused-ring (bicyclic) bond motifs is 1. The van der Waals surface area contributed by atoms with E-state index >= 15 is 0 Å². The average molecular weight is 515 g/mol. The quantitative estimate of drug-likeness (QED) is 0.402. The Balaban J connectivity index is 1.55. The highest BCUT2D eigenvalue weighted by Gasteiger charge is 2.35. The van der Waals surface area contributed by atoms with Gasteiger partial charge in [-0.1, -0.05) is 25.1 Å². The molecule has 0 radical (unpaired) electrons. The molecule has 35 heavy (non-hydrogen) atoms. The van der Waals surface area contributed by atoms with E-state index in [0.717, 1.165) is 17.7 Å². The van der Waals surface area contributed by atoms with Crippen LogP contribution in [0.5, 0.6) is 11.5 Å².